The van der Waals surface area contributed by atoms with Crippen molar-refractivity contribution in [3.05, 3.63) is 101 Å². The second-order valence-electron chi connectivity index (χ2n) is 6.89. The first-order valence-electron chi connectivity index (χ1n) is 9.26. The zero-order chi connectivity index (χ0) is 20.8. The highest BCUT2D eigenvalue weighted by Gasteiger charge is 2.44. The molecule has 0 radical (unpaired) electrons. The molecule has 1 atom stereocenters. The minimum atomic E-state index is -1.47. The molecule has 0 bridgehead atoms. The first kappa shape index (κ1) is 17.9. The maximum Gasteiger partial charge on any atom is 0.270 e. The molecule has 1 N–H and O–H groups in total. The smallest absolute Gasteiger partial charge is 0.270 e. The lowest BCUT2D eigenvalue weighted by Crippen LogP contribution is -2.46. The number of benzodiazepines with no additional fused rings is 1. The molecule has 2 aliphatic heterocycles. The third-order valence-corrected chi connectivity index (χ3v) is 5.12. The topological polar surface area (TPSA) is 78.8 Å². The van der Waals surface area contributed by atoms with Crippen molar-refractivity contribution in [1.29, 1.82) is 0 Å². The maximum atomic E-state index is 14.6. The van der Waals surface area contributed by atoms with Crippen molar-refractivity contribution in [2.45, 2.75) is 6.17 Å². The number of imide groups is 1. The molecule has 6 nitrogen and oxygen atoms in total. The molecule has 0 saturated heterocycles. The van der Waals surface area contributed by atoms with Gasteiger partial charge in [0.1, 0.15) is 5.82 Å². The van der Waals surface area contributed by atoms with E-state index in [2.05, 4.69) is 10.3 Å². The fourth-order valence-electron chi connectivity index (χ4n) is 3.72. The average molecular weight is 399 g/mol. The molecule has 2 aliphatic rings. The van der Waals surface area contributed by atoms with Gasteiger partial charge in [-0.1, -0.05) is 42.5 Å². The van der Waals surface area contributed by atoms with Crippen LogP contribution in [0.2, 0.25) is 0 Å². The number of nitrogens with one attached hydrogen (secondary N) is 1. The number of anilines is 1. The van der Waals surface area contributed by atoms with Gasteiger partial charge in [0.05, 0.1) is 22.5 Å². The Hall–Kier alpha value is -4.13. The Morgan fingerprint density at radius 3 is 1.90 bits per heavy atom. The van der Waals surface area contributed by atoms with Crippen molar-refractivity contribution < 1.29 is 18.8 Å². The number of halogens is 1. The molecule has 3 aromatic rings. The van der Waals surface area contributed by atoms with Gasteiger partial charge in [-0.25, -0.2) is 14.3 Å². The van der Waals surface area contributed by atoms with Crippen LogP contribution in [0, 0.1) is 5.82 Å². The average Bonchev–Trinajstić information content (AvgIpc) is 2.91. The third-order valence-electron chi connectivity index (χ3n) is 5.12. The van der Waals surface area contributed by atoms with Crippen LogP contribution in [-0.4, -0.2) is 34.5 Å². The zero-order valence-electron chi connectivity index (χ0n) is 15.5. The predicted molar refractivity (Wildman–Crippen MR) is 108 cm³/mol. The zero-order valence-corrected chi connectivity index (χ0v) is 15.5. The van der Waals surface area contributed by atoms with Crippen molar-refractivity contribution >= 4 is 29.1 Å². The van der Waals surface area contributed by atoms with E-state index in [0.29, 0.717) is 11.3 Å². The van der Waals surface area contributed by atoms with Gasteiger partial charge in [-0.2, -0.15) is 0 Å². The van der Waals surface area contributed by atoms with E-state index < -0.39 is 29.7 Å². The van der Waals surface area contributed by atoms with Gasteiger partial charge in [-0.3, -0.25) is 14.4 Å². The summed E-state index contributed by atoms with van der Waals surface area (Å²) in [5.74, 6) is -2.40. The maximum absolute atomic E-state index is 14.6. The number of carbonyl (C=O) groups excluding carboxylic acids is 3. The van der Waals surface area contributed by atoms with Crippen LogP contribution in [0.15, 0.2) is 77.8 Å². The Morgan fingerprint density at radius 1 is 0.733 bits per heavy atom. The van der Waals surface area contributed by atoms with E-state index in [1.54, 1.807) is 54.6 Å². The normalized spacial score (nSPS) is 17.8. The summed E-state index contributed by atoms with van der Waals surface area (Å²) in [6, 6.07) is 19.2. The first-order valence-corrected chi connectivity index (χ1v) is 9.26. The van der Waals surface area contributed by atoms with Crippen LogP contribution < -0.4 is 5.32 Å². The number of hydrogen-bond acceptors (Lipinski definition) is 4. The van der Waals surface area contributed by atoms with Gasteiger partial charge in [0.2, 0.25) is 6.17 Å². The fourth-order valence-corrected chi connectivity index (χ4v) is 3.72. The number of rotatable bonds is 2. The van der Waals surface area contributed by atoms with Gasteiger partial charge in [-0.05, 0) is 30.3 Å². The summed E-state index contributed by atoms with van der Waals surface area (Å²) in [6.45, 7) is 0. The lowest BCUT2D eigenvalue weighted by molar-refractivity contribution is -0.119. The van der Waals surface area contributed by atoms with Crippen molar-refractivity contribution in [2.24, 2.45) is 4.99 Å². The summed E-state index contributed by atoms with van der Waals surface area (Å²) >= 11 is 0. The van der Waals surface area contributed by atoms with Crippen LogP contribution in [0.1, 0.15) is 31.8 Å². The molecule has 7 heteroatoms. The number of para-hydroxylation sites is 1. The van der Waals surface area contributed by atoms with Gasteiger partial charge in [0.15, 0.2) is 0 Å². The summed E-state index contributed by atoms with van der Waals surface area (Å²) in [5.41, 5.74) is 1.68. The van der Waals surface area contributed by atoms with Gasteiger partial charge in [0.25, 0.3) is 17.7 Å². The second kappa shape index (κ2) is 6.73. The van der Waals surface area contributed by atoms with Crippen LogP contribution in [0.5, 0.6) is 0 Å². The van der Waals surface area contributed by atoms with Crippen molar-refractivity contribution in [2.75, 3.05) is 5.32 Å². The number of amides is 3. The van der Waals surface area contributed by atoms with Crippen molar-refractivity contribution in [3.63, 3.8) is 0 Å². The summed E-state index contributed by atoms with van der Waals surface area (Å²) in [6.07, 6.45) is -1.47. The molecule has 0 fully saturated rings. The molecular weight excluding hydrogens is 385 g/mol. The van der Waals surface area contributed by atoms with E-state index >= 15 is 0 Å². The number of carbonyl (C=O) groups is 3. The number of nitrogens with zero attached hydrogens (tertiary/aromatic N) is 2. The molecule has 3 aromatic carbocycles. The van der Waals surface area contributed by atoms with Crippen LogP contribution in [-0.2, 0) is 4.79 Å². The summed E-state index contributed by atoms with van der Waals surface area (Å²) in [5, 5.41) is 2.71. The highest BCUT2D eigenvalue weighted by molar-refractivity contribution is 6.25. The molecule has 0 aliphatic carbocycles. The highest BCUT2D eigenvalue weighted by Crippen LogP contribution is 2.30. The van der Waals surface area contributed by atoms with E-state index in [0.717, 1.165) is 4.90 Å². The van der Waals surface area contributed by atoms with E-state index in [1.165, 1.54) is 18.2 Å². The molecule has 5 rings (SSSR count). The Bertz CT molecular complexity index is 1230. The first-order chi connectivity index (χ1) is 14.6. The molecule has 146 valence electrons. The molecule has 3 amide bonds. The van der Waals surface area contributed by atoms with Crippen molar-refractivity contribution in [1.82, 2.24) is 4.90 Å². The molecule has 2 heterocycles. The monoisotopic (exact) mass is 399 g/mol. The van der Waals surface area contributed by atoms with Crippen LogP contribution >= 0.6 is 0 Å². The third kappa shape index (κ3) is 2.63. The number of fused-ring (bicyclic) bond motifs is 2. The fraction of sp³-hybridized carbons (Fsp3) is 0.0435. The Kier molecular flexibility index (Phi) is 4.03. The Morgan fingerprint density at radius 2 is 1.27 bits per heavy atom. The minimum Gasteiger partial charge on any atom is -0.322 e. The number of benzene rings is 3. The second-order valence-corrected chi connectivity index (χ2v) is 6.89. The lowest BCUT2D eigenvalue weighted by atomic mass is 10.0. The molecule has 0 saturated carbocycles. The van der Waals surface area contributed by atoms with Gasteiger partial charge in [-0.15, -0.1) is 0 Å². The van der Waals surface area contributed by atoms with Gasteiger partial charge in [0, 0.05) is 11.1 Å². The summed E-state index contributed by atoms with van der Waals surface area (Å²) in [7, 11) is 0. The van der Waals surface area contributed by atoms with E-state index in [1.807, 2.05) is 0 Å². The molecule has 0 unspecified atom stereocenters. The highest BCUT2D eigenvalue weighted by atomic mass is 19.1. The molecule has 0 spiro atoms. The number of hydrogen-bond donors (Lipinski definition) is 1. The van der Waals surface area contributed by atoms with Gasteiger partial charge < -0.3 is 5.32 Å². The molecular formula is C23H14FN3O3. The molecule has 0 aromatic heterocycles. The predicted octanol–water partition coefficient (Wildman–Crippen LogP) is 3.24. The summed E-state index contributed by atoms with van der Waals surface area (Å²) in [4.78, 5) is 44.1. The minimum absolute atomic E-state index is 0.169. The van der Waals surface area contributed by atoms with E-state index in [9.17, 15) is 18.8 Å². The quantitative estimate of drug-likeness (QED) is 0.672. The molecule has 30 heavy (non-hydrogen) atoms. The largest absolute Gasteiger partial charge is 0.322 e. The Labute approximate surface area is 170 Å². The Balaban J connectivity index is 1.70. The number of aliphatic imine (C=N–C) groups is 1. The van der Waals surface area contributed by atoms with Crippen molar-refractivity contribution in [3.8, 4) is 0 Å². The van der Waals surface area contributed by atoms with E-state index in [-0.39, 0.29) is 22.4 Å². The standard InChI is InChI=1S/C23H14FN3O3/c24-17-11-5-3-9-15(17)19-16-10-4-6-12-18(16)25-21(28)20(26-19)27-22(29)13-7-1-2-8-14(13)23(27)30/h1-12,20H,(H,25,28)/t20-/m0/s1. The lowest BCUT2D eigenvalue weighted by Gasteiger charge is -2.21. The SMILES string of the molecule is O=C1Nc2ccccc2C(c2ccccc2F)=N[C@H]1N1C(=O)c2ccccc2C1=O. The summed E-state index contributed by atoms with van der Waals surface area (Å²) < 4.78 is 14.6. The van der Waals surface area contributed by atoms with Crippen LogP contribution in [0.4, 0.5) is 10.1 Å². The van der Waals surface area contributed by atoms with Crippen LogP contribution in [0.25, 0.3) is 0 Å². The van der Waals surface area contributed by atoms with Gasteiger partial charge >= 0.3 is 0 Å². The van der Waals surface area contributed by atoms with E-state index in [4.69, 9.17) is 0 Å². The van der Waals surface area contributed by atoms with Crippen LogP contribution in [0.3, 0.4) is 0 Å².